The number of benzene rings is 1. The van der Waals surface area contributed by atoms with Gasteiger partial charge in [0.1, 0.15) is 0 Å². The number of carboxylic acids is 1. The van der Waals surface area contributed by atoms with E-state index >= 15 is 0 Å². The number of carbonyl (C=O) groups is 1. The van der Waals surface area contributed by atoms with E-state index in [1.165, 1.54) is 6.07 Å². The average molecular weight is 353 g/mol. The fraction of sp³-hybridized carbons (Fsp3) is 0.611. The maximum Gasteiger partial charge on any atom is 0.312 e. The highest BCUT2D eigenvalue weighted by molar-refractivity contribution is 5.76. The van der Waals surface area contributed by atoms with Gasteiger partial charge in [-0.1, -0.05) is 12.1 Å². The molecule has 2 aliphatic heterocycles. The highest BCUT2D eigenvalue weighted by atomic mass is 19.2. The molecule has 138 valence electrons. The molecule has 2 atom stereocenters. The van der Waals surface area contributed by atoms with E-state index in [1.54, 1.807) is 6.07 Å². The molecule has 0 aromatic heterocycles. The Labute approximate surface area is 146 Å². The van der Waals surface area contributed by atoms with E-state index in [-0.39, 0.29) is 18.2 Å². The quantitative estimate of drug-likeness (QED) is 0.843. The lowest BCUT2D eigenvalue weighted by Crippen LogP contribution is -2.64. The Balaban J connectivity index is 1.80. The predicted molar refractivity (Wildman–Crippen MR) is 90.0 cm³/mol. The van der Waals surface area contributed by atoms with Crippen LogP contribution in [0, 0.1) is 17.0 Å². The van der Waals surface area contributed by atoms with Crippen molar-refractivity contribution in [2.45, 2.75) is 31.8 Å². The van der Waals surface area contributed by atoms with Crippen molar-refractivity contribution in [2.75, 3.05) is 32.7 Å². The van der Waals surface area contributed by atoms with Gasteiger partial charge >= 0.3 is 5.97 Å². The first-order chi connectivity index (χ1) is 12.0. The van der Waals surface area contributed by atoms with E-state index in [0.29, 0.717) is 39.0 Å². The molecular formula is C18H25F2N3O2. The average Bonchev–Trinajstić information content (AvgIpc) is 2.59. The first-order valence-corrected chi connectivity index (χ1v) is 8.80. The summed E-state index contributed by atoms with van der Waals surface area (Å²) < 4.78 is 27.4. The van der Waals surface area contributed by atoms with Gasteiger partial charge in [-0.3, -0.25) is 14.6 Å². The van der Waals surface area contributed by atoms with Gasteiger partial charge in [0.25, 0.3) is 0 Å². The zero-order chi connectivity index (χ0) is 18.0. The molecule has 7 heteroatoms. The summed E-state index contributed by atoms with van der Waals surface area (Å²) >= 11 is 0. The molecule has 3 N–H and O–H groups in total. The van der Waals surface area contributed by atoms with Crippen molar-refractivity contribution in [3.63, 3.8) is 0 Å². The van der Waals surface area contributed by atoms with Gasteiger partial charge in [0.05, 0.1) is 5.41 Å². The maximum absolute atomic E-state index is 14.0. The molecule has 5 nitrogen and oxygen atoms in total. The van der Waals surface area contributed by atoms with Crippen LogP contribution in [0.25, 0.3) is 0 Å². The number of likely N-dealkylation sites (tertiary alicyclic amines) is 2. The van der Waals surface area contributed by atoms with E-state index in [1.807, 2.05) is 4.90 Å². The normalized spacial score (nSPS) is 27.9. The van der Waals surface area contributed by atoms with Crippen LogP contribution in [0.4, 0.5) is 8.78 Å². The SMILES string of the molecule is NCCN1CCC[C@]2(C(=O)O)CN(Cc3cccc(F)c3F)CC[C@@H]12. The van der Waals surface area contributed by atoms with Crippen molar-refractivity contribution in [3.05, 3.63) is 35.4 Å². The zero-order valence-corrected chi connectivity index (χ0v) is 14.3. The third kappa shape index (κ3) is 3.41. The predicted octanol–water partition coefficient (Wildman–Crippen LogP) is 1.66. The molecule has 0 saturated carbocycles. The summed E-state index contributed by atoms with van der Waals surface area (Å²) in [6.45, 7) is 3.31. The van der Waals surface area contributed by atoms with E-state index in [0.717, 1.165) is 19.0 Å². The van der Waals surface area contributed by atoms with Crippen LogP contribution in [0.15, 0.2) is 18.2 Å². The Morgan fingerprint density at radius 3 is 2.88 bits per heavy atom. The van der Waals surface area contributed by atoms with Crippen molar-refractivity contribution in [3.8, 4) is 0 Å². The molecule has 2 aliphatic rings. The van der Waals surface area contributed by atoms with Crippen molar-refractivity contribution >= 4 is 5.97 Å². The third-order valence-electron chi connectivity index (χ3n) is 5.64. The molecule has 0 spiro atoms. The molecule has 0 bridgehead atoms. The van der Waals surface area contributed by atoms with Gasteiger partial charge in [-0.25, -0.2) is 8.78 Å². The summed E-state index contributed by atoms with van der Waals surface area (Å²) in [5, 5.41) is 9.97. The smallest absolute Gasteiger partial charge is 0.312 e. The van der Waals surface area contributed by atoms with Crippen LogP contribution in [-0.4, -0.2) is 59.6 Å². The molecule has 0 aliphatic carbocycles. The molecular weight excluding hydrogens is 328 g/mol. The second-order valence-corrected chi connectivity index (χ2v) is 7.12. The van der Waals surface area contributed by atoms with Crippen molar-refractivity contribution < 1.29 is 18.7 Å². The van der Waals surface area contributed by atoms with Gasteiger partial charge in [0.15, 0.2) is 11.6 Å². The van der Waals surface area contributed by atoms with Gasteiger partial charge in [0.2, 0.25) is 0 Å². The molecule has 2 heterocycles. The Hall–Kier alpha value is -1.57. The first kappa shape index (κ1) is 18.2. The molecule has 0 amide bonds. The maximum atomic E-state index is 14.0. The Kier molecular flexibility index (Phi) is 5.36. The molecule has 0 unspecified atom stereocenters. The van der Waals surface area contributed by atoms with Gasteiger partial charge in [-0.05, 0) is 31.9 Å². The second kappa shape index (κ2) is 7.35. The molecule has 2 saturated heterocycles. The van der Waals surface area contributed by atoms with Crippen molar-refractivity contribution in [1.29, 1.82) is 0 Å². The van der Waals surface area contributed by atoms with Crippen LogP contribution >= 0.6 is 0 Å². The Bertz CT molecular complexity index is 641. The van der Waals surface area contributed by atoms with Gasteiger partial charge < -0.3 is 10.8 Å². The van der Waals surface area contributed by atoms with Crippen LogP contribution in [-0.2, 0) is 11.3 Å². The summed E-state index contributed by atoms with van der Waals surface area (Å²) in [6.07, 6.45) is 2.12. The van der Waals surface area contributed by atoms with Gasteiger partial charge in [-0.2, -0.15) is 0 Å². The summed E-state index contributed by atoms with van der Waals surface area (Å²) in [4.78, 5) is 16.3. The number of nitrogens with zero attached hydrogens (tertiary/aromatic N) is 2. The molecule has 0 radical (unpaired) electrons. The minimum absolute atomic E-state index is 0.0455. The standard InChI is InChI=1S/C18H25F2N3O2/c19-14-4-1-3-13(16(14)20)11-22-9-5-15-18(12-22,17(24)25)6-2-8-23(15)10-7-21/h1,3-4,15H,2,5-12,21H2,(H,24,25)/t15-,18+/m1/s1. The molecule has 1 aromatic carbocycles. The lowest BCUT2D eigenvalue weighted by Gasteiger charge is -2.53. The number of hydrogen-bond acceptors (Lipinski definition) is 4. The monoisotopic (exact) mass is 353 g/mol. The molecule has 25 heavy (non-hydrogen) atoms. The van der Waals surface area contributed by atoms with Crippen LogP contribution in [0.5, 0.6) is 0 Å². The minimum atomic E-state index is -0.868. The number of halogens is 2. The first-order valence-electron chi connectivity index (χ1n) is 8.80. The third-order valence-corrected chi connectivity index (χ3v) is 5.64. The summed E-state index contributed by atoms with van der Waals surface area (Å²) in [7, 11) is 0. The fourth-order valence-electron chi connectivity index (χ4n) is 4.49. The number of hydrogen-bond donors (Lipinski definition) is 2. The van der Waals surface area contributed by atoms with E-state index in [2.05, 4.69) is 4.90 Å². The molecule has 3 rings (SSSR count). The molecule has 1 aromatic rings. The fourth-order valence-corrected chi connectivity index (χ4v) is 4.49. The largest absolute Gasteiger partial charge is 0.481 e. The van der Waals surface area contributed by atoms with Crippen molar-refractivity contribution in [1.82, 2.24) is 9.80 Å². The number of carboxylic acid groups (broad SMARTS) is 1. The summed E-state index contributed by atoms with van der Waals surface area (Å²) in [5.74, 6) is -2.52. The summed E-state index contributed by atoms with van der Waals surface area (Å²) in [6, 6.07) is 4.09. The van der Waals surface area contributed by atoms with Crippen LogP contribution < -0.4 is 5.73 Å². The van der Waals surface area contributed by atoms with E-state index in [4.69, 9.17) is 5.73 Å². The molecule has 2 fully saturated rings. The van der Waals surface area contributed by atoms with E-state index in [9.17, 15) is 18.7 Å². The number of rotatable bonds is 5. The lowest BCUT2D eigenvalue weighted by molar-refractivity contribution is -0.164. The van der Waals surface area contributed by atoms with Gasteiger partial charge in [-0.15, -0.1) is 0 Å². The lowest BCUT2D eigenvalue weighted by atomic mass is 9.69. The second-order valence-electron chi connectivity index (χ2n) is 7.12. The summed E-state index contributed by atoms with van der Waals surface area (Å²) in [5.41, 5.74) is 5.09. The van der Waals surface area contributed by atoms with Crippen molar-refractivity contribution in [2.24, 2.45) is 11.1 Å². The Morgan fingerprint density at radius 1 is 1.36 bits per heavy atom. The zero-order valence-electron chi connectivity index (χ0n) is 14.3. The number of piperidine rings is 2. The van der Waals surface area contributed by atoms with E-state index < -0.39 is 23.0 Å². The number of nitrogens with two attached hydrogens (primary N) is 1. The Morgan fingerprint density at radius 2 is 2.16 bits per heavy atom. The van der Waals surface area contributed by atoms with Crippen LogP contribution in [0.2, 0.25) is 0 Å². The number of fused-ring (bicyclic) bond motifs is 1. The number of aliphatic carboxylic acids is 1. The highest BCUT2D eigenvalue weighted by Gasteiger charge is 2.53. The van der Waals surface area contributed by atoms with Gasteiger partial charge in [0, 0.05) is 44.3 Å². The van der Waals surface area contributed by atoms with Crippen LogP contribution in [0.1, 0.15) is 24.8 Å². The highest BCUT2D eigenvalue weighted by Crippen LogP contribution is 2.42. The van der Waals surface area contributed by atoms with Crippen LogP contribution in [0.3, 0.4) is 0 Å². The minimum Gasteiger partial charge on any atom is -0.481 e. The topological polar surface area (TPSA) is 69.8 Å².